The molecule has 3 aromatic carbocycles. The molecule has 1 N–H and O–H groups in total. The lowest BCUT2D eigenvalue weighted by Gasteiger charge is -2.34. The summed E-state index contributed by atoms with van der Waals surface area (Å²) in [4.78, 5) is 28.6. The maximum absolute atomic E-state index is 13.8. The van der Waals surface area contributed by atoms with Gasteiger partial charge in [0.05, 0.1) is 24.5 Å². The van der Waals surface area contributed by atoms with Gasteiger partial charge in [0.2, 0.25) is 5.91 Å². The molecule has 2 atom stereocenters. The molecule has 5 rings (SSSR count). The molecule has 5 heteroatoms. The average molecular weight is 453 g/mol. The normalized spacial score (nSPS) is 19.6. The number of rotatable bonds is 3. The number of nitrogens with zero attached hydrogens (tertiary/aromatic N) is 1. The minimum absolute atomic E-state index is 0.0550. The molecule has 0 saturated heterocycles. The molecule has 0 aromatic heterocycles. The number of benzene rings is 3. The predicted octanol–water partition coefficient (Wildman–Crippen LogP) is 5.92. The number of ketones is 1. The highest BCUT2D eigenvalue weighted by molar-refractivity contribution is 6.06. The molecule has 1 heterocycles. The first-order chi connectivity index (χ1) is 16.5. The lowest BCUT2D eigenvalue weighted by atomic mass is 9.78. The Hall–Kier alpha value is -3.86. The summed E-state index contributed by atoms with van der Waals surface area (Å²) in [6, 6.07) is 23.4. The highest BCUT2D eigenvalue weighted by Crippen LogP contribution is 2.47. The van der Waals surface area contributed by atoms with E-state index in [-0.39, 0.29) is 17.6 Å². The van der Waals surface area contributed by atoms with Gasteiger partial charge in [0.25, 0.3) is 0 Å². The van der Waals surface area contributed by atoms with Gasteiger partial charge in [-0.3, -0.25) is 14.5 Å². The topological polar surface area (TPSA) is 58.6 Å². The van der Waals surface area contributed by atoms with Gasteiger partial charge in [-0.2, -0.15) is 0 Å². The van der Waals surface area contributed by atoms with Crippen LogP contribution in [0.15, 0.2) is 84.1 Å². The number of carbonyl (C=O) groups excluding carboxylic acids is 2. The van der Waals surface area contributed by atoms with Crippen molar-refractivity contribution in [2.45, 2.75) is 38.6 Å². The van der Waals surface area contributed by atoms with Gasteiger partial charge >= 0.3 is 0 Å². The van der Waals surface area contributed by atoms with Crippen LogP contribution in [0.4, 0.5) is 11.4 Å². The van der Waals surface area contributed by atoms with Crippen molar-refractivity contribution in [2.75, 3.05) is 17.3 Å². The van der Waals surface area contributed by atoms with Crippen molar-refractivity contribution in [3.8, 4) is 5.75 Å². The Balaban J connectivity index is 1.66. The first kappa shape index (κ1) is 22.0. The van der Waals surface area contributed by atoms with Gasteiger partial charge in [0.15, 0.2) is 5.78 Å². The highest BCUT2D eigenvalue weighted by Gasteiger charge is 2.40. The van der Waals surface area contributed by atoms with E-state index in [1.54, 1.807) is 18.9 Å². The molecule has 1 aliphatic carbocycles. The maximum atomic E-state index is 13.8. The zero-order chi connectivity index (χ0) is 23.8. The van der Waals surface area contributed by atoms with Crippen molar-refractivity contribution in [1.82, 2.24) is 0 Å². The van der Waals surface area contributed by atoms with E-state index in [1.807, 2.05) is 79.7 Å². The van der Waals surface area contributed by atoms with Gasteiger partial charge in [0, 0.05) is 24.6 Å². The summed E-state index contributed by atoms with van der Waals surface area (Å²) in [5.41, 5.74) is 6.36. The van der Waals surface area contributed by atoms with E-state index in [0.717, 1.165) is 39.5 Å². The molecule has 0 radical (unpaired) electrons. The molecule has 0 spiro atoms. The lowest BCUT2D eigenvalue weighted by Crippen LogP contribution is -2.37. The smallest absolute Gasteiger partial charge is 0.224 e. The van der Waals surface area contributed by atoms with E-state index in [2.05, 4.69) is 5.32 Å². The SMILES string of the molecule is COc1ccc(C2CC(=O)C3=C(C2)Nc2ccccc2N(C(C)=O)C3c2ccc(C)cc2)cc1. The number of allylic oxidation sites excluding steroid dienone is 1. The molecule has 2 unspecified atom stereocenters. The number of aryl methyl sites for hydroxylation is 1. The van der Waals surface area contributed by atoms with E-state index in [1.165, 1.54) is 0 Å². The molecule has 0 bridgehead atoms. The van der Waals surface area contributed by atoms with Gasteiger partial charge in [0.1, 0.15) is 5.75 Å². The minimum Gasteiger partial charge on any atom is -0.497 e. The van der Waals surface area contributed by atoms with E-state index in [4.69, 9.17) is 4.74 Å². The summed E-state index contributed by atoms with van der Waals surface area (Å²) in [6.07, 6.45) is 1.09. The van der Waals surface area contributed by atoms with Crippen LogP contribution in [0.5, 0.6) is 5.75 Å². The van der Waals surface area contributed by atoms with Gasteiger partial charge in [-0.1, -0.05) is 54.1 Å². The quantitative estimate of drug-likeness (QED) is 0.536. The van der Waals surface area contributed by atoms with Crippen LogP contribution in [0, 0.1) is 6.92 Å². The van der Waals surface area contributed by atoms with Crippen molar-refractivity contribution in [3.05, 3.63) is 101 Å². The third-order valence-corrected chi connectivity index (χ3v) is 6.81. The molecule has 0 fully saturated rings. The number of carbonyl (C=O) groups is 2. The molecule has 34 heavy (non-hydrogen) atoms. The number of amides is 1. The van der Waals surface area contributed by atoms with Crippen molar-refractivity contribution >= 4 is 23.1 Å². The highest BCUT2D eigenvalue weighted by atomic mass is 16.5. The fourth-order valence-corrected chi connectivity index (χ4v) is 5.11. The van der Waals surface area contributed by atoms with Crippen LogP contribution in [0.2, 0.25) is 0 Å². The van der Waals surface area contributed by atoms with Crippen molar-refractivity contribution < 1.29 is 14.3 Å². The number of methoxy groups -OCH3 is 1. The number of ether oxygens (including phenoxy) is 1. The standard InChI is InChI=1S/C29H28N2O3/c1-18-8-10-21(11-9-18)29-28-25(30-24-6-4-5-7-26(24)31(29)19(2)32)16-22(17-27(28)33)20-12-14-23(34-3)15-13-20/h4-15,22,29-30H,16-17H2,1-3H3. The van der Waals surface area contributed by atoms with Gasteiger partial charge in [-0.15, -0.1) is 0 Å². The second-order valence-electron chi connectivity index (χ2n) is 9.04. The monoisotopic (exact) mass is 452 g/mol. The predicted molar refractivity (Wildman–Crippen MR) is 134 cm³/mol. The molecule has 1 aliphatic heterocycles. The van der Waals surface area contributed by atoms with E-state index < -0.39 is 6.04 Å². The number of anilines is 2. The Kier molecular flexibility index (Phi) is 5.70. The van der Waals surface area contributed by atoms with Crippen LogP contribution >= 0.6 is 0 Å². The Morgan fingerprint density at radius 3 is 2.29 bits per heavy atom. The maximum Gasteiger partial charge on any atom is 0.224 e. The summed E-state index contributed by atoms with van der Waals surface area (Å²) in [5.74, 6) is 0.820. The van der Waals surface area contributed by atoms with Crippen LogP contribution in [0.3, 0.4) is 0 Å². The summed E-state index contributed by atoms with van der Waals surface area (Å²) < 4.78 is 5.30. The van der Waals surface area contributed by atoms with Crippen LogP contribution in [-0.4, -0.2) is 18.8 Å². The fourth-order valence-electron chi connectivity index (χ4n) is 5.11. The average Bonchev–Trinajstić information content (AvgIpc) is 2.99. The molecule has 5 nitrogen and oxygen atoms in total. The number of hydrogen-bond acceptors (Lipinski definition) is 4. The van der Waals surface area contributed by atoms with E-state index in [0.29, 0.717) is 18.4 Å². The van der Waals surface area contributed by atoms with Crippen molar-refractivity contribution in [3.63, 3.8) is 0 Å². The Labute approximate surface area is 200 Å². The van der Waals surface area contributed by atoms with Crippen LogP contribution in [0.1, 0.15) is 48.4 Å². The summed E-state index contributed by atoms with van der Waals surface area (Å²) >= 11 is 0. The van der Waals surface area contributed by atoms with Gasteiger partial charge in [-0.05, 0) is 54.7 Å². The van der Waals surface area contributed by atoms with Gasteiger partial charge in [-0.25, -0.2) is 0 Å². The van der Waals surface area contributed by atoms with Gasteiger partial charge < -0.3 is 10.1 Å². The van der Waals surface area contributed by atoms with Crippen LogP contribution < -0.4 is 15.0 Å². The first-order valence-electron chi connectivity index (χ1n) is 11.6. The zero-order valence-electron chi connectivity index (χ0n) is 19.7. The molecule has 0 saturated carbocycles. The molecule has 3 aromatic rings. The van der Waals surface area contributed by atoms with Crippen molar-refractivity contribution in [1.29, 1.82) is 0 Å². The third kappa shape index (κ3) is 3.87. The molecule has 2 aliphatic rings. The van der Waals surface area contributed by atoms with Crippen molar-refractivity contribution in [2.24, 2.45) is 0 Å². The number of fused-ring (bicyclic) bond motifs is 1. The Bertz CT molecular complexity index is 1280. The van der Waals surface area contributed by atoms with E-state index in [9.17, 15) is 9.59 Å². The molecule has 172 valence electrons. The van der Waals surface area contributed by atoms with Crippen LogP contribution in [-0.2, 0) is 9.59 Å². The summed E-state index contributed by atoms with van der Waals surface area (Å²) in [7, 11) is 1.65. The Morgan fingerprint density at radius 1 is 0.941 bits per heavy atom. The number of Topliss-reactive ketones (excluding diaryl/α,β-unsaturated/α-hetero) is 1. The first-order valence-corrected chi connectivity index (χ1v) is 11.6. The fraction of sp³-hybridized carbons (Fsp3) is 0.241. The molecule has 1 amide bonds. The number of nitrogens with one attached hydrogen (secondary N) is 1. The summed E-state index contributed by atoms with van der Waals surface area (Å²) in [6.45, 7) is 3.60. The zero-order valence-corrected chi connectivity index (χ0v) is 19.7. The number of hydrogen-bond donors (Lipinski definition) is 1. The van der Waals surface area contributed by atoms with Crippen LogP contribution in [0.25, 0.3) is 0 Å². The minimum atomic E-state index is -0.478. The Morgan fingerprint density at radius 2 is 1.62 bits per heavy atom. The lowest BCUT2D eigenvalue weighted by molar-refractivity contribution is -0.117. The largest absolute Gasteiger partial charge is 0.497 e. The summed E-state index contributed by atoms with van der Waals surface area (Å²) in [5, 5.41) is 3.55. The molecular formula is C29H28N2O3. The second-order valence-corrected chi connectivity index (χ2v) is 9.04. The number of para-hydroxylation sites is 2. The van der Waals surface area contributed by atoms with E-state index >= 15 is 0 Å². The molecular weight excluding hydrogens is 424 g/mol. The second kappa shape index (κ2) is 8.82. The third-order valence-electron chi connectivity index (χ3n) is 6.81.